The van der Waals surface area contributed by atoms with Gasteiger partial charge in [-0.2, -0.15) is 5.26 Å². The zero-order chi connectivity index (χ0) is 39.5. The molecule has 0 aliphatic heterocycles. The van der Waals surface area contributed by atoms with Gasteiger partial charge in [0.05, 0.1) is 10.2 Å². The Balaban J connectivity index is 1.59. The van der Waals surface area contributed by atoms with Gasteiger partial charge in [0, 0.05) is 79.8 Å². The molecule has 14 nitrogen and oxygen atoms in total. The number of ketones is 2. The number of carboxylic acids is 1. The summed E-state index contributed by atoms with van der Waals surface area (Å²) in [7, 11) is 1.62. The highest BCUT2D eigenvalue weighted by Crippen LogP contribution is 2.39. The Hall–Kier alpha value is -4.94. The number of unbranched alkanes of at least 4 members (excludes halogenated alkanes) is 3. The molecule has 1 aromatic carbocycles. The molecule has 0 bridgehead atoms. The van der Waals surface area contributed by atoms with E-state index in [-0.39, 0.29) is 48.6 Å². The first kappa shape index (κ1) is 42.5. The van der Waals surface area contributed by atoms with Crippen molar-refractivity contribution >= 4 is 57.0 Å². The molecule has 15 heteroatoms. The summed E-state index contributed by atoms with van der Waals surface area (Å²) < 4.78 is 6.41. The van der Waals surface area contributed by atoms with E-state index in [0.717, 1.165) is 0 Å². The number of fused-ring (bicyclic) bond motifs is 1. The van der Waals surface area contributed by atoms with Gasteiger partial charge in [-0.3, -0.25) is 24.0 Å². The van der Waals surface area contributed by atoms with Crippen molar-refractivity contribution in [2.75, 3.05) is 33.2 Å². The molecule has 1 atom stereocenters. The van der Waals surface area contributed by atoms with Gasteiger partial charge in [0.25, 0.3) is 0 Å². The van der Waals surface area contributed by atoms with Gasteiger partial charge < -0.3 is 30.7 Å². The Morgan fingerprint density at radius 3 is 2.38 bits per heavy atom. The van der Waals surface area contributed by atoms with Gasteiger partial charge in [-0.25, -0.2) is 9.78 Å². The number of nitriles is 1. The van der Waals surface area contributed by atoms with Crippen LogP contribution in [0.3, 0.4) is 0 Å². The maximum absolute atomic E-state index is 13.5. The third-order valence-corrected chi connectivity index (χ3v) is 10.3. The lowest BCUT2D eigenvalue weighted by molar-refractivity contribution is -0.138. The number of benzene rings is 1. The van der Waals surface area contributed by atoms with E-state index in [1.54, 1.807) is 59.9 Å². The van der Waals surface area contributed by atoms with Gasteiger partial charge >= 0.3 is 12.1 Å². The Morgan fingerprint density at radius 1 is 1.00 bits per heavy atom. The minimum absolute atomic E-state index is 0.0244. The quantitative estimate of drug-likeness (QED) is 0.130. The highest BCUT2D eigenvalue weighted by atomic mass is 32.1. The summed E-state index contributed by atoms with van der Waals surface area (Å²) in [5.74, 6) is -1.56. The van der Waals surface area contributed by atoms with Gasteiger partial charge in [-0.1, -0.05) is 20.3 Å². The molecule has 286 valence electrons. The summed E-state index contributed by atoms with van der Waals surface area (Å²) in [5.41, 5.74) is 6.69. The molecule has 1 aliphatic carbocycles. The fourth-order valence-electron chi connectivity index (χ4n) is 6.07. The number of amides is 3. The maximum atomic E-state index is 13.5. The fraction of sp³-hybridized carbons (Fsp3) is 0.526. The Labute approximate surface area is 314 Å². The second kappa shape index (κ2) is 19.2. The number of carbonyl (C=O) groups excluding carboxylic acids is 5. The standard InChI is InChI=1S/C38H50N6O8S/c1-23-24(2)35(48)33(25(3)34(23)47)38(4,5)21-32(46)43(6)18-19-44(37(51)52-26-14-15-28-29(20-26)53-31(22-39)42-28)17-11-7-8-13-30(45)41-16-10-9-12-27(40)36(49)50/h14-15,20,27H,7-13,16-19,21,40H2,1-6H3,(H,41,45)(H,49,50). The molecule has 0 radical (unpaired) electrons. The first-order chi connectivity index (χ1) is 25.0. The van der Waals surface area contributed by atoms with Gasteiger partial charge in [-0.15, -0.1) is 11.3 Å². The number of likely N-dealkylation sites (N-methyl/N-ethyl adjacent to an activating group) is 1. The number of nitrogens with zero attached hydrogens (tertiary/aromatic N) is 4. The van der Waals surface area contributed by atoms with E-state index in [1.807, 2.05) is 6.07 Å². The lowest BCUT2D eigenvalue weighted by Gasteiger charge is -2.33. The van der Waals surface area contributed by atoms with Crippen molar-refractivity contribution in [1.29, 1.82) is 5.26 Å². The zero-order valence-electron chi connectivity index (χ0n) is 31.4. The van der Waals surface area contributed by atoms with Crippen molar-refractivity contribution in [3.8, 4) is 11.8 Å². The molecule has 53 heavy (non-hydrogen) atoms. The van der Waals surface area contributed by atoms with Crippen LogP contribution in [0.15, 0.2) is 40.5 Å². The van der Waals surface area contributed by atoms with Crippen LogP contribution in [-0.4, -0.2) is 94.6 Å². The minimum Gasteiger partial charge on any atom is -0.480 e. The molecule has 3 rings (SSSR count). The SMILES string of the molecule is CC1=C(C)C(=O)C(C(C)(C)CC(=O)N(C)CCN(CCCCCC(=O)NCCCCC(N)C(=O)O)C(=O)Oc2ccc3nc(C#N)sc3c2)=C(C)C1=O. The molecule has 1 aliphatic rings. The summed E-state index contributed by atoms with van der Waals surface area (Å²) in [6, 6.07) is 6.02. The van der Waals surface area contributed by atoms with Crippen LogP contribution in [0.4, 0.5) is 4.79 Å². The number of Topliss-reactive ketones (excluding diaryl/α,β-unsaturated/α-hetero) is 2. The minimum atomic E-state index is -1.04. The predicted octanol–water partition coefficient (Wildman–Crippen LogP) is 4.91. The maximum Gasteiger partial charge on any atom is 0.415 e. The first-order valence-corrected chi connectivity index (χ1v) is 18.5. The van der Waals surface area contributed by atoms with Crippen LogP contribution in [0, 0.1) is 16.7 Å². The highest BCUT2D eigenvalue weighted by Gasteiger charge is 2.39. The molecule has 0 saturated carbocycles. The molecule has 0 spiro atoms. The summed E-state index contributed by atoms with van der Waals surface area (Å²) in [6.45, 7) is 9.48. The van der Waals surface area contributed by atoms with Crippen molar-refractivity contribution in [3.63, 3.8) is 0 Å². The molecule has 1 aromatic heterocycles. The fourth-order valence-corrected chi connectivity index (χ4v) is 6.87. The number of rotatable bonds is 19. The summed E-state index contributed by atoms with van der Waals surface area (Å²) >= 11 is 1.18. The second-order valence-electron chi connectivity index (χ2n) is 14.0. The molecule has 1 heterocycles. The normalized spacial score (nSPS) is 13.9. The van der Waals surface area contributed by atoms with Crippen LogP contribution in [-0.2, 0) is 24.0 Å². The van der Waals surface area contributed by atoms with Crippen molar-refractivity contribution in [2.45, 2.75) is 92.0 Å². The number of ether oxygens (including phenoxy) is 1. The number of carbonyl (C=O) groups is 6. The molecular weight excluding hydrogens is 701 g/mol. The molecule has 0 saturated heterocycles. The number of nitrogens with two attached hydrogens (primary N) is 1. The molecule has 0 fully saturated rings. The van der Waals surface area contributed by atoms with E-state index in [9.17, 15) is 34.0 Å². The summed E-state index contributed by atoms with van der Waals surface area (Å²) in [5, 5.41) is 21.2. The van der Waals surface area contributed by atoms with Gasteiger partial charge in [0.2, 0.25) is 11.8 Å². The van der Waals surface area contributed by atoms with Crippen molar-refractivity contribution < 1.29 is 38.6 Å². The number of hydrogen-bond acceptors (Lipinski definition) is 11. The Bertz CT molecular complexity index is 1840. The van der Waals surface area contributed by atoms with Crippen molar-refractivity contribution in [1.82, 2.24) is 20.1 Å². The van der Waals surface area contributed by atoms with Crippen LogP contribution in [0.2, 0.25) is 0 Å². The summed E-state index contributed by atoms with van der Waals surface area (Å²) in [4.78, 5) is 83.2. The predicted molar refractivity (Wildman–Crippen MR) is 200 cm³/mol. The molecule has 3 amide bonds. The number of thiazole rings is 1. The average Bonchev–Trinajstić information content (AvgIpc) is 3.53. The third-order valence-electron chi connectivity index (χ3n) is 9.42. The largest absolute Gasteiger partial charge is 0.480 e. The highest BCUT2D eigenvalue weighted by molar-refractivity contribution is 7.19. The molecular formula is C38H50N6O8S. The number of carboxylic acid groups (broad SMARTS) is 1. The first-order valence-electron chi connectivity index (χ1n) is 17.7. The average molecular weight is 751 g/mol. The lowest BCUT2D eigenvalue weighted by atomic mass is 9.71. The topological polar surface area (TPSA) is 213 Å². The van der Waals surface area contributed by atoms with Crippen LogP contribution in [0.5, 0.6) is 5.75 Å². The third kappa shape index (κ3) is 11.8. The van der Waals surface area contributed by atoms with E-state index >= 15 is 0 Å². The number of nitrogens with one attached hydrogen (secondary N) is 1. The van der Waals surface area contributed by atoms with E-state index in [1.165, 1.54) is 21.1 Å². The van der Waals surface area contributed by atoms with Crippen LogP contribution in [0.25, 0.3) is 10.2 Å². The zero-order valence-corrected chi connectivity index (χ0v) is 32.2. The Kier molecular flexibility index (Phi) is 15.4. The van der Waals surface area contributed by atoms with Gasteiger partial charge in [-0.05, 0) is 65.0 Å². The van der Waals surface area contributed by atoms with Crippen LogP contribution >= 0.6 is 11.3 Å². The van der Waals surface area contributed by atoms with E-state index < -0.39 is 23.5 Å². The second-order valence-corrected chi connectivity index (χ2v) is 15.0. The molecule has 4 N–H and O–H groups in total. The number of aliphatic carboxylic acids is 1. The monoisotopic (exact) mass is 750 g/mol. The number of allylic oxidation sites excluding steroid dienone is 4. The molecule has 2 aromatic rings. The number of hydrogen-bond donors (Lipinski definition) is 3. The van der Waals surface area contributed by atoms with E-state index in [4.69, 9.17) is 15.6 Å². The lowest BCUT2D eigenvalue weighted by Crippen LogP contribution is -2.42. The van der Waals surface area contributed by atoms with Gasteiger partial charge in [0.15, 0.2) is 16.6 Å². The van der Waals surface area contributed by atoms with E-state index in [2.05, 4.69) is 10.3 Å². The smallest absolute Gasteiger partial charge is 0.415 e. The van der Waals surface area contributed by atoms with E-state index in [0.29, 0.717) is 95.6 Å². The summed E-state index contributed by atoms with van der Waals surface area (Å²) in [6.07, 6.45) is 2.99. The van der Waals surface area contributed by atoms with Crippen LogP contribution in [0.1, 0.15) is 91.0 Å². The molecule has 1 unspecified atom stereocenters. The van der Waals surface area contributed by atoms with Crippen molar-refractivity contribution in [3.05, 3.63) is 45.5 Å². The Morgan fingerprint density at radius 2 is 1.70 bits per heavy atom. The number of aromatic nitrogens is 1. The van der Waals surface area contributed by atoms with Gasteiger partial charge in [0.1, 0.15) is 17.9 Å². The van der Waals surface area contributed by atoms with Crippen LogP contribution < -0.4 is 15.8 Å². The van der Waals surface area contributed by atoms with Crippen molar-refractivity contribution in [2.24, 2.45) is 11.1 Å².